The van der Waals surface area contributed by atoms with Crippen molar-refractivity contribution < 1.29 is 0 Å². The van der Waals surface area contributed by atoms with Gasteiger partial charge in [0, 0.05) is 41.5 Å². The Bertz CT molecular complexity index is 485. The summed E-state index contributed by atoms with van der Waals surface area (Å²) >= 11 is 5.85. The zero-order chi connectivity index (χ0) is 11.0. The number of imidazole rings is 1. The summed E-state index contributed by atoms with van der Waals surface area (Å²) in [6.45, 7) is 2.09. The first kappa shape index (κ1) is 9.87. The molecule has 3 nitrogen and oxygen atoms in total. The Hall–Kier alpha value is -1.32. The van der Waals surface area contributed by atoms with Gasteiger partial charge in [-0.3, -0.25) is 0 Å². The first-order valence-electron chi connectivity index (χ1n) is 5.34. The lowest BCUT2D eigenvalue weighted by Crippen LogP contribution is -2.40. The molecule has 0 radical (unpaired) electrons. The van der Waals surface area contributed by atoms with E-state index in [2.05, 4.69) is 15.3 Å². The topological polar surface area (TPSA) is 40.7 Å². The third kappa shape index (κ3) is 1.72. The van der Waals surface area contributed by atoms with Gasteiger partial charge in [0.05, 0.1) is 0 Å². The van der Waals surface area contributed by atoms with Crippen molar-refractivity contribution in [1.29, 1.82) is 0 Å². The number of halogens is 1. The average Bonchev–Trinajstić information content (AvgIpc) is 2.65. The molecule has 0 unspecified atom stereocenters. The number of nitrogens with one attached hydrogen (secondary N) is 2. The third-order valence-corrected chi connectivity index (χ3v) is 3.19. The Labute approximate surface area is 98.9 Å². The van der Waals surface area contributed by atoms with Crippen LogP contribution in [0.1, 0.15) is 11.6 Å². The maximum Gasteiger partial charge on any atom is 0.137 e. The number of aromatic nitrogens is 2. The molecule has 2 heterocycles. The molecule has 4 heteroatoms. The van der Waals surface area contributed by atoms with Crippen molar-refractivity contribution in [2.75, 3.05) is 13.1 Å². The molecular weight excluding hydrogens is 222 g/mol. The van der Waals surface area contributed by atoms with Gasteiger partial charge in [-0.25, -0.2) is 4.98 Å². The molecule has 2 N–H and O–H groups in total. The summed E-state index contributed by atoms with van der Waals surface area (Å²) in [5.74, 6) is 1.51. The van der Waals surface area contributed by atoms with E-state index in [4.69, 9.17) is 11.6 Å². The Morgan fingerprint density at radius 3 is 2.56 bits per heavy atom. The van der Waals surface area contributed by atoms with Crippen LogP contribution in [0.5, 0.6) is 0 Å². The maximum absolute atomic E-state index is 5.85. The zero-order valence-corrected chi connectivity index (χ0v) is 9.46. The van der Waals surface area contributed by atoms with Crippen LogP contribution in [0.25, 0.3) is 11.4 Å². The van der Waals surface area contributed by atoms with Crippen molar-refractivity contribution in [1.82, 2.24) is 15.3 Å². The Kier molecular flexibility index (Phi) is 2.42. The van der Waals surface area contributed by atoms with E-state index in [0.29, 0.717) is 5.92 Å². The van der Waals surface area contributed by atoms with E-state index in [1.807, 2.05) is 30.5 Å². The summed E-state index contributed by atoms with van der Waals surface area (Å²) < 4.78 is 0. The summed E-state index contributed by atoms with van der Waals surface area (Å²) in [5, 5.41) is 4.00. The predicted molar refractivity (Wildman–Crippen MR) is 64.6 cm³/mol. The van der Waals surface area contributed by atoms with Crippen molar-refractivity contribution in [2.45, 2.75) is 5.92 Å². The first-order valence-corrected chi connectivity index (χ1v) is 5.72. The van der Waals surface area contributed by atoms with Crippen LogP contribution in [0.4, 0.5) is 0 Å². The van der Waals surface area contributed by atoms with Crippen LogP contribution in [0.3, 0.4) is 0 Å². The summed E-state index contributed by atoms with van der Waals surface area (Å²) in [4.78, 5) is 7.75. The highest BCUT2D eigenvalue weighted by Gasteiger charge is 2.20. The second-order valence-electron chi connectivity index (χ2n) is 4.05. The Balaban J connectivity index is 1.88. The minimum atomic E-state index is 0.591. The molecule has 1 saturated heterocycles. The first-order chi connectivity index (χ1) is 7.83. The maximum atomic E-state index is 5.85. The highest BCUT2D eigenvalue weighted by molar-refractivity contribution is 6.30. The molecule has 3 rings (SSSR count). The lowest BCUT2D eigenvalue weighted by Gasteiger charge is -2.25. The quantitative estimate of drug-likeness (QED) is 0.837. The molecular formula is C12H12ClN3. The lowest BCUT2D eigenvalue weighted by atomic mass is 10.0. The number of hydrogen-bond acceptors (Lipinski definition) is 2. The molecule has 0 bridgehead atoms. The van der Waals surface area contributed by atoms with Gasteiger partial charge in [0.2, 0.25) is 0 Å². The summed E-state index contributed by atoms with van der Waals surface area (Å²) in [7, 11) is 0. The van der Waals surface area contributed by atoms with E-state index in [-0.39, 0.29) is 0 Å². The van der Waals surface area contributed by atoms with Crippen LogP contribution in [-0.2, 0) is 0 Å². The number of benzene rings is 1. The molecule has 1 fully saturated rings. The zero-order valence-electron chi connectivity index (χ0n) is 8.70. The van der Waals surface area contributed by atoms with Crippen molar-refractivity contribution in [3.05, 3.63) is 41.2 Å². The molecule has 1 aromatic carbocycles. The van der Waals surface area contributed by atoms with E-state index in [0.717, 1.165) is 29.5 Å². The van der Waals surface area contributed by atoms with Crippen LogP contribution in [0, 0.1) is 0 Å². The number of hydrogen-bond donors (Lipinski definition) is 2. The molecule has 16 heavy (non-hydrogen) atoms. The smallest absolute Gasteiger partial charge is 0.137 e. The fraction of sp³-hybridized carbons (Fsp3) is 0.250. The lowest BCUT2D eigenvalue weighted by molar-refractivity contribution is 0.441. The van der Waals surface area contributed by atoms with E-state index >= 15 is 0 Å². The summed E-state index contributed by atoms with van der Waals surface area (Å²) in [6.07, 6.45) is 1.93. The van der Waals surface area contributed by atoms with E-state index in [1.165, 1.54) is 5.69 Å². The molecule has 0 spiro atoms. The van der Waals surface area contributed by atoms with Gasteiger partial charge < -0.3 is 10.3 Å². The monoisotopic (exact) mass is 233 g/mol. The Morgan fingerprint density at radius 1 is 1.19 bits per heavy atom. The van der Waals surface area contributed by atoms with Crippen molar-refractivity contribution >= 4 is 11.6 Å². The minimum Gasteiger partial charge on any atom is -0.342 e. The minimum absolute atomic E-state index is 0.591. The molecule has 0 atom stereocenters. The van der Waals surface area contributed by atoms with E-state index < -0.39 is 0 Å². The fourth-order valence-corrected chi connectivity index (χ4v) is 1.93. The third-order valence-electron chi connectivity index (χ3n) is 2.93. The van der Waals surface area contributed by atoms with Crippen molar-refractivity contribution in [2.24, 2.45) is 0 Å². The van der Waals surface area contributed by atoms with Gasteiger partial charge in [-0.1, -0.05) is 11.6 Å². The number of H-pyrrole nitrogens is 1. The number of nitrogens with zero attached hydrogens (tertiary/aromatic N) is 1. The molecule has 0 saturated carbocycles. The molecule has 1 aliphatic heterocycles. The van der Waals surface area contributed by atoms with Gasteiger partial charge in [0.25, 0.3) is 0 Å². The van der Waals surface area contributed by atoms with Crippen LogP contribution in [-0.4, -0.2) is 23.1 Å². The van der Waals surface area contributed by atoms with Gasteiger partial charge in [-0.2, -0.15) is 0 Å². The second-order valence-corrected chi connectivity index (χ2v) is 4.49. The second kappa shape index (κ2) is 3.92. The Morgan fingerprint density at radius 2 is 1.94 bits per heavy atom. The van der Waals surface area contributed by atoms with Crippen LogP contribution >= 0.6 is 11.6 Å². The van der Waals surface area contributed by atoms with E-state index in [1.54, 1.807) is 0 Å². The molecule has 0 aliphatic carbocycles. The van der Waals surface area contributed by atoms with Crippen LogP contribution < -0.4 is 5.32 Å². The van der Waals surface area contributed by atoms with E-state index in [9.17, 15) is 0 Å². The fourth-order valence-electron chi connectivity index (χ4n) is 1.81. The standard InChI is InChI=1S/C12H12ClN3/c13-10-3-1-8(2-4-10)12-15-7-11(16-12)9-5-14-6-9/h1-4,7,9,14H,5-6H2,(H,15,16). The summed E-state index contributed by atoms with van der Waals surface area (Å²) in [5.41, 5.74) is 2.28. The predicted octanol–water partition coefficient (Wildman–Crippen LogP) is 2.42. The molecule has 2 aromatic rings. The molecule has 82 valence electrons. The van der Waals surface area contributed by atoms with Crippen LogP contribution in [0.15, 0.2) is 30.5 Å². The normalized spacial score (nSPS) is 16.1. The highest BCUT2D eigenvalue weighted by Crippen LogP contribution is 2.23. The SMILES string of the molecule is Clc1ccc(-c2ncc(C3CNC3)[nH]2)cc1. The number of rotatable bonds is 2. The van der Waals surface area contributed by atoms with Gasteiger partial charge in [0.1, 0.15) is 5.82 Å². The summed E-state index contributed by atoms with van der Waals surface area (Å²) in [6, 6.07) is 7.71. The van der Waals surface area contributed by atoms with Gasteiger partial charge in [-0.05, 0) is 24.3 Å². The van der Waals surface area contributed by atoms with Gasteiger partial charge >= 0.3 is 0 Å². The number of aromatic amines is 1. The average molecular weight is 234 g/mol. The van der Waals surface area contributed by atoms with Crippen LogP contribution in [0.2, 0.25) is 5.02 Å². The largest absolute Gasteiger partial charge is 0.342 e. The van der Waals surface area contributed by atoms with Gasteiger partial charge in [-0.15, -0.1) is 0 Å². The molecule has 1 aliphatic rings. The highest BCUT2D eigenvalue weighted by atomic mass is 35.5. The molecule has 1 aromatic heterocycles. The molecule has 0 amide bonds. The van der Waals surface area contributed by atoms with Gasteiger partial charge in [0.15, 0.2) is 0 Å². The van der Waals surface area contributed by atoms with Crippen molar-refractivity contribution in [3.63, 3.8) is 0 Å². The van der Waals surface area contributed by atoms with Crippen molar-refractivity contribution in [3.8, 4) is 11.4 Å².